The van der Waals surface area contributed by atoms with Gasteiger partial charge in [0.05, 0.1) is 13.2 Å². The fourth-order valence-corrected chi connectivity index (χ4v) is 5.10. The molecule has 3 heterocycles. The summed E-state index contributed by atoms with van der Waals surface area (Å²) in [4.78, 5) is 5.10. The third kappa shape index (κ3) is 22.1. The Labute approximate surface area is 312 Å². The smallest absolute Gasteiger partial charge is 1.00 e. The van der Waals surface area contributed by atoms with E-state index in [0.29, 0.717) is 0 Å². The molecule has 0 spiro atoms. The molecule has 3 aliphatic heterocycles. The van der Waals surface area contributed by atoms with Crippen molar-refractivity contribution in [2.24, 2.45) is 0 Å². The van der Waals surface area contributed by atoms with Crippen molar-refractivity contribution in [2.75, 3.05) is 65.7 Å². The van der Waals surface area contributed by atoms with E-state index in [2.05, 4.69) is 31.8 Å². The van der Waals surface area contributed by atoms with E-state index >= 15 is 0 Å². The van der Waals surface area contributed by atoms with E-state index < -0.39 is 0 Å². The topological polar surface area (TPSA) is 34.2 Å². The van der Waals surface area contributed by atoms with Gasteiger partial charge < -0.3 is 43.8 Å². The van der Waals surface area contributed by atoms with Crippen LogP contribution in [0.2, 0.25) is 0 Å². The summed E-state index contributed by atoms with van der Waals surface area (Å²) in [5.41, 5.74) is 0. The second kappa shape index (κ2) is 30.1. The molecule has 10 heteroatoms. The molecule has 227 valence electrons. The number of hydrogen-bond acceptors (Lipinski definition) is 5. The van der Waals surface area contributed by atoms with Crippen LogP contribution in [0.1, 0.15) is 67.1 Å². The van der Waals surface area contributed by atoms with E-state index in [1.165, 1.54) is 90.6 Å². The van der Waals surface area contributed by atoms with Crippen molar-refractivity contribution in [1.82, 2.24) is 9.80 Å². The fourth-order valence-electron chi connectivity index (χ4n) is 4.83. The van der Waals surface area contributed by atoms with Crippen LogP contribution in [0.25, 0.3) is 0 Å². The van der Waals surface area contributed by atoms with Gasteiger partial charge in [0, 0.05) is 44.9 Å². The van der Waals surface area contributed by atoms with Crippen LogP contribution in [-0.2, 0) is 4.74 Å². The van der Waals surface area contributed by atoms with E-state index in [-0.39, 0.29) is 74.4 Å². The van der Waals surface area contributed by atoms with Gasteiger partial charge in [-0.05, 0) is 102 Å². The molecule has 3 fully saturated rings. The molecule has 3 aliphatic rings. The van der Waals surface area contributed by atoms with Gasteiger partial charge in [-0.15, -0.1) is 12.1 Å². The number of piperidine rings is 2. The maximum atomic E-state index is 5.70. The van der Waals surface area contributed by atoms with Crippen molar-refractivity contribution in [3.63, 3.8) is 0 Å². The molecule has 5 nitrogen and oxygen atoms in total. The van der Waals surface area contributed by atoms with Gasteiger partial charge in [0.2, 0.25) is 0 Å². The van der Waals surface area contributed by atoms with Gasteiger partial charge in [0.15, 0.2) is 0 Å². The second-order valence-electron chi connectivity index (χ2n) is 10.2. The van der Waals surface area contributed by atoms with Crippen LogP contribution < -0.4 is 26.5 Å². The van der Waals surface area contributed by atoms with Crippen molar-refractivity contribution >= 4 is 70.4 Å². The van der Waals surface area contributed by atoms with Crippen LogP contribution in [0.5, 0.6) is 11.5 Å². The summed E-state index contributed by atoms with van der Waals surface area (Å²) in [5, 5.41) is 0. The predicted octanol–water partition coefficient (Wildman–Crippen LogP) is 3.33. The van der Waals surface area contributed by atoms with E-state index in [9.17, 15) is 0 Å². The van der Waals surface area contributed by atoms with E-state index in [1.54, 1.807) is 0 Å². The van der Waals surface area contributed by atoms with Crippen LogP contribution in [0, 0.1) is 6.07 Å². The van der Waals surface area contributed by atoms with Crippen LogP contribution in [0.15, 0.2) is 53.0 Å². The zero-order valence-corrected chi connectivity index (χ0v) is 31.6. The predicted molar refractivity (Wildman–Crippen MR) is 180 cm³/mol. The van der Waals surface area contributed by atoms with Gasteiger partial charge in [-0.25, -0.2) is 0 Å². The van der Waals surface area contributed by atoms with E-state index in [4.69, 9.17) is 14.2 Å². The molecule has 0 atom stereocenters. The standard InChI is InChI=1S/C14H20BrNO.C14H20NO.C4H8O.B.BrH.2Mg.2H/c15-13-5-7-14(8-6-13)17-12-4-11-16-9-2-1-3-10-16;1-3-8-14(9-4-1)16-13-7-12-15-10-5-2-6-11-15;1-2-4-5-3-1;;;;;;/h5-8H,1-4,9-12H2;3-4,8-9H,2,5-7,10-13H2;1-4H2;;1H;;;;/q;-1;;;;2*+2;2*-1/p-1. The number of ether oxygens (including phenoxy) is 3. The summed E-state index contributed by atoms with van der Waals surface area (Å²) in [7, 11) is 0. The molecule has 2 aromatic carbocycles. The molecule has 3 saturated heterocycles. The van der Waals surface area contributed by atoms with Crippen molar-refractivity contribution in [2.45, 2.75) is 64.2 Å². The Morgan fingerprint density at radius 3 is 1.50 bits per heavy atom. The maximum absolute atomic E-state index is 5.70. The maximum Gasteiger partial charge on any atom is 2.00 e. The molecule has 42 heavy (non-hydrogen) atoms. The summed E-state index contributed by atoms with van der Waals surface area (Å²) in [6.45, 7) is 11.1. The van der Waals surface area contributed by atoms with Gasteiger partial charge in [0.25, 0.3) is 0 Å². The second-order valence-corrected chi connectivity index (χ2v) is 11.1. The minimum atomic E-state index is 0. The van der Waals surface area contributed by atoms with E-state index in [1.807, 2.05) is 48.5 Å². The minimum Gasteiger partial charge on any atom is -1.00 e. The number of likely N-dealkylation sites (tertiary alicyclic amines) is 2. The molecule has 0 aromatic heterocycles. The van der Waals surface area contributed by atoms with Gasteiger partial charge in [-0.1, -0.05) is 28.8 Å². The Morgan fingerprint density at radius 1 is 0.667 bits per heavy atom. The Morgan fingerprint density at radius 2 is 1.10 bits per heavy atom. The quantitative estimate of drug-likeness (QED) is 0.213. The largest absolute Gasteiger partial charge is 2.00 e. The summed E-state index contributed by atoms with van der Waals surface area (Å²) < 4.78 is 17.4. The van der Waals surface area contributed by atoms with Crippen LogP contribution in [0.3, 0.4) is 0 Å². The molecule has 0 N–H and O–H groups in total. The molecular formula is C32H50BBr2Mg2N2O3. The SMILES string of the molecule is Brc1ccc(OCCCN2CCCCC2)cc1.C1CCOC1.[B].[Br-].[H-].[H-].[Mg+2].[Mg+2].[c-]1ccc(OCCCN2CCCCC2)cc1. The first-order chi connectivity index (χ1) is 18.8. The van der Waals surface area contributed by atoms with Gasteiger partial charge in [-0.2, -0.15) is 18.2 Å². The molecule has 5 rings (SSSR count). The van der Waals surface area contributed by atoms with E-state index in [0.717, 1.165) is 55.2 Å². The Bertz CT molecular complexity index is 832. The summed E-state index contributed by atoms with van der Waals surface area (Å²) in [6, 6.07) is 18.7. The first-order valence-electron chi connectivity index (χ1n) is 14.8. The third-order valence-electron chi connectivity index (χ3n) is 7.00. The zero-order chi connectivity index (χ0) is 26.5. The van der Waals surface area contributed by atoms with Gasteiger partial charge in [-0.3, -0.25) is 0 Å². The first kappa shape index (κ1) is 44.6. The zero-order valence-electron chi connectivity index (χ0n) is 27.6. The van der Waals surface area contributed by atoms with Crippen LogP contribution in [0.4, 0.5) is 0 Å². The molecule has 0 aliphatic carbocycles. The molecule has 3 radical (unpaired) electrons. The normalized spacial score (nSPS) is 16.3. The number of benzene rings is 2. The molecule has 0 saturated carbocycles. The number of hydrogen-bond donors (Lipinski definition) is 0. The Kier molecular flexibility index (Phi) is 32.0. The third-order valence-corrected chi connectivity index (χ3v) is 7.53. The monoisotopic (exact) mass is 727 g/mol. The molecule has 0 amide bonds. The fraction of sp³-hybridized carbons (Fsp3) is 0.625. The van der Waals surface area contributed by atoms with Crippen LogP contribution in [-0.4, -0.2) is 130 Å². The first-order valence-corrected chi connectivity index (χ1v) is 15.6. The summed E-state index contributed by atoms with van der Waals surface area (Å²) in [5.74, 6) is 1.92. The summed E-state index contributed by atoms with van der Waals surface area (Å²) >= 11 is 3.42. The van der Waals surface area contributed by atoms with Crippen molar-refractivity contribution in [1.29, 1.82) is 0 Å². The average molecular weight is 730 g/mol. The molecule has 0 bridgehead atoms. The molecular weight excluding hydrogens is 680 g/mol. The van der Waals surface area contributed by atoms with Gasteiger partial charge >= 0.3 is 46.1 Å². The molecule has 0 unspecified atom stereocenters. The summed E-state index contributed by atoms with van der Waals surface area (Å²) in [6.07, 6.45) is 13.1. The Hall–Kier alpha value is 0.477. The van der Waals surface area contributed by atoms with Crippen LogP contribution >= 0.6 is 15.9 Å². The average Bonchev–Trinajstić information content (AvgIpc) is 3.57. The van der Waals surface area contributed by atoms with Crippen molar-refractivity contribution < 1.29 is 34.0 Å². The molecule has 2 aromatic rings. The van der Waals surface area contributed by atoms with Gasteiger partial charge in [0.1, 0.15) is 5.75 Å². The minimum absolute atomic E-state index is 0. The number of halogens is 2. The Balaban J connectivity index is -0.000000280. The number of rotatable bonds is 10. The number of nitrogens with zero attached hydrogens (tertiary/aromatic N) is 2. The van der Waals surface area contributed by atoms with Crippen molar-refractivity contribution in [3.8, 4) is 11.5 Å². The van der Waals surface area contributed by atoms with Crippen molar-refractivity contribution in [3.05, 3.63) is 59.1 Å².